The van der Waals surface area contributed by atoms with E-state index >= 15 is 0 Å². The fourth-order valence-corrected chi connectivity index (χ4v) is 4.14. The molecule has 0 saturated carbocycles. The van der Waals surface area contributed by atoms with E-state index in [0.717, 1.165) is 17.6 Å². The van der Waals surface area contributed by atoms with Gasteiger partial charge in [-0.15, -0.1) is 0 Å². The largest absolute Gasteiger partial charge is 0.338 e. The number of hydrazine groups is 1. The number of ketones is 1. The van der Waals surface area contributed by atoms with Crippen LogP contribution in [0.1, 0.15) is 18.1 Å². The van der Waals surface area contributed by atoms with Crippen LogP contribution in [-0.4, -0.2) is 47.3 Å². The number of rotatable bonds is 5. The number of nitrogens with zero attached hydrogens (tertiary/aromatic N) is 2. The standard InChI is InChI=1S/C23H25N3O2/c1-16(27)21-20(14-18-11-7-4-8-12-18)22-23(28)25(2)15-19(26(22)24-21)13-17-9-5-3-6-10-17/h3-12,19,21,24H,13-15H2,1-2H3. The molecule has 1 N–H and O–H groups in total. The van der Waals surface area contributed by atoms with Crippen LogP contribution in [0.25, 0.3) is 0 Å². The summed E-state index contributed by atoms with van der Waals surface area (Å²) in [6.45, 7) is 2.20. The van der Waals surface area contributed by atoms with Gasteiger partial charge >= 0.3 is 0 Å². The maximum Gasteiger partial charge on any atom is 0.271 e. The van der Waals surface area contributed by atoms with E-state index in [1.807, 2.05) is 60.6 Å². The summed E-state index contributed by atoms with van der Waals surface area (Å²) in [4.78, 5) is 27.2. The van der Waals surface area contributed by atoms with Gasteiger partial charge in [0.2, 0.25) is 0 Å². The molecule has 2 atom stereocenters. The fourth-order valence-electron chi connectivity index (χ4n) is 4.14. The number of fused-ring (bicyclic) bond motifs is 1. The summed E-state index contributed by atoms with van der Waals surface area (Å²) in [7, 11) is 1.84. The highest BCUT2D eigenvalue weighted by Crippen LogP contribution is 2.32. The van der Waals surface area contributed by atoms with Gasteiger partial charge < -0.3 is 4.90 Å². The Balaban J connectivity index is 1.71. The fraction of sp³-hybridized carbons (Fsp3) is 0.304. The second-order valence-electron chi connectivity index (χ2n) is 7.61. The number of nitrogens with one attached hydrogen (secondary N) is 1. The molecule has 2 aliphatic rings. The lowest BCUT2D eigenvalue weighted by Gasteiger charge is -2.40. The number of hydrogen-bond acceptors (Lipinski definition) is 4. The molecule has 0 radical (unpaired) electrons. The van der Waals surface area contributed by atoms with Gasteiger partial charge in [-0.05, 0) is 36.5 Å². The molecule has 0 spiro atoms. The number of likely N-dealkylation sites (N-methyl/N-ethyl adjacent to an activating group) is 1. The van der Waals surface area contributed by atoms with Crippen molar-refractivity contribution in [3.05, 3.63) is 83.1 Å². The lowest BCUT2D eigenvalue weighted by Crippen LogP contribution is -2.57. The number of amides is 1. The number of Topliss-reactive ketones (excluding diaryl/α,β-unsaturated/α-hetero) is 1. The monoisotopic (exact) mass is 375 g/mol. The molecule has 0 bridgehead atoms. The van der Waals surface area contributed by atoms with Crippen molar-refractivity contribution in [3.8, 4) is 0 Å². The van der Waals surface area contributed by atoms with Gasteiger partial charge in [0.25, 0.3) is 5.91 Å². The first-order valence-electron chi connectivity index (χ1n) is 9.67. The van der Waals surface area contributed by atoms with Crippen LogP contribution in [0.3, 0.4) is 0 Å². The molecule has 4 rings (SSSR count). The van der Waals surface area contributed by atoms with E-state index in [1.54, 1.807) is 11.8 Å². The summed E-state index contributed by atoms with van der Waals surface area (Å²) in [6, 6.07) is 19.9. The lowest BCUT2D eigenvalue weighted by molar-refractivity contribution is -0.133. The summed E-state index contributed by atoms with van der Waals surface area (Å²) in [5, 5.41) is 1.96. The highest BCUT2D eigenvalue weighted by Gasteiger charge is 2.44. The molecule has 2 unspecified atom stereocenters. The zero-order chi connectivity index (χ0) is 19.7. The van der Waals surface area contributed by atoms with E-state index < -0.39 is 6.04 Å². The summed E-state index contributed by atoms with van der Waals surface area (Å²) >= 11 is 0. The van der Waals surface area contributed by atoms with Crippen molar-refractivity contribution in [3.63, 3.8) is 0 Å². The Hall–Kier alpha value is -2.92. The summed E-state index contributed by atoms with van der Waals surface area (Å²) in [5.74, 6) is 0.00763. The van der Waals surface area contributed by atoms with E-state index in [9.17, 15) is 9.59 Å². The van der Waals surface area contributed by atoms with Gasteiger partial charge in [0, 0.05) is 13.6 Å². The Kier molecular flexibility index (Phi) is 5.01. The van der Waals surface area contributed by atoms with Crippen LogP contribution >= 0.6 is 0 Å². The minimum atomic E-state index is -0.455. The van der Waals surface area contributed by atoms with Gasteiger partial charge in [0.1, 0.15) is 11.7 Å². The topological polar surface area (TPSA) is 52.7 Å². The number of benzene rings is 2. The SMILES string of the molecule is CC(=O)C1NN2C(=C1Cc1ccccc1)C(=O)N(C)CC2Cc1ccccc1. The predicted octanol–water partition coefficient (Wildman–Crippen LogP) is 2.34. The molecule has 1 amide bonds. The molecule has 144 valence electrons. The van der Waals surface area contributed by atoms with Crippen LogP contribution in [0, 0.1) is 0 Å². The average Bonchev–Trinajstić information content (AvgIpc) is 3.07. The van der Waals surface area contributed by atoms with Crippen LogP contribution in [0.2, 0.25) is 0 Å². The molecule has 5 nitrogen and oxygen atoms in total. The normalized spacial score (nSPS) is 21.9. The molecular weight excluding hydrogens is 350 g/mol. The Morgan fingerprint density at radius 3 is 2.25 bits per heavy atom. The molecule has 5 heteroatoms. The summed E-state index contributed by atoms with van der Waals surface area (Å²) in [5.41, 5.74) is 7.17. The first kappa shape index (κ1) is 18.4. The van der Waals surface area contributed by atoms with Crippen LogP contribution < -0.4 is 5.43 Å². The molecular formula is C23H25N3O2. The molecule has 2 aromatic carbocycles. The van der Waals surface area contributed by atoms with Gasteiger partial charge in [-0.1, -0.05) is 60.7 Å². The van der Waals surface area contributed by atoms with Crippen molar-refractivity contribution < 1.29 is 9.59 Å². The van der Waals surface area contributed by atoms with Gasteiger partial charge in [0.15, 0.2) is 5.78 Å². The van der Waals surface area contributed by atoms with Crippen LogP contribution in [0.5, 0.6) is 0 Å². The minimum Gasteiger partial charge on any atom is -0.338 e. The van der Waals surface area contributed by atoms with Gasteiger partial charge in [-0.25, -0.2) is 5.43 Å². The number of carbonyl (C=O) groups excluding carboxylic acids is 2. The average molecular weight is 375 g/mol. The van der Waals surface area contributed by atoms with E-state index in [4.69, 9.17) is 0 Å². The zero-order valence-corrected chi connectivity index (χ0v) is 16.3. The molecule has 2 heterocycles. The number of carbonyl (C=O) groups is 2. The smallest absolute Gasteiger partial charge is 0.271 e. The molecule has 2 aliphatic heterocycles. The van der Waals surface area contributed by atoms with Crippen molar-refractivity contribution in [2.45, 2.75) is 31.8 Å². The van der Waals surface area contributed by atoms with Crippen molar-refractivity contribution >= 4 is 11.7 Å². The van der Waals surface area contributed by atoms with Crippen molar-refractivity contribution in [1.29, 1.82) is 0 Å². The Morgan fingerprint density at radius 1 is 1.04 bits per heavy atom. The molecule has 28 heavy (non-hydrogen) atoms. The third kappa shape index (κ3) is 3.45. The highest BCUT2D eigenvalue weighted by molar-refractivity contribution is 5.98. The Labute approximate surface area is 165 Å². The maximum atomic E-state index is 13.0. The second-order valence-corrected chi connectivity index (χ2v) is 7.61. The Bertz CT molecular complexity index is 908. The summed E-state index contributed by atoms with van der Waals surface area (Å²) < 4.78 is 0. The van der Waals surface area contributed by atoms with Crippen molar-refractivity contribution in [1.82, 2.24) is 15.3 Å². The van der Waals surface area contributed by atoms with E-state index in [1.165, 1.54) is 5.56 Å². The zero-order valence-electron chi connectivity index (χ0n) is 16.3. The molecule has 0 aliphatic carbocycles. The van der Waals surface area contributed by atoms with E-state index in [2.05, 4.69) is 17.6 Å². The van der Waals surface area contributed by atoms with Gasteiger partial charge in [0.05, 0.1) is 6.04 Å². The second kappa shape index (κ2) is 7.60. The van der Waals surface area contributed by atoms with E-state index in [-0.39, 0.29) is 17.7 Å². The molecule has 0 aromatic heterocycles. The van der Waals surface area contributed by atoms with Gasteiger partial charge in [-0.3, -0.25) is 14.6 Å². The molecule has 2 aromatic rings. The lowest BCUT2D eigenvalue weighted by atomic mass is 9.94. The molecule has 1 fully saturated rings. The van der Waals surface area contributed by atoms with Crippen LogP contribution in [-0.2, 0) is 22.4 Å². The molecule has 1 saturated heterocycles. The third-order valence-corrected chi connectivity index (χ3v) is 5.52. The predicted molar refractivity (Wildman–Crippen MR) is 108 cm³/mol. The summed E-state index contributed by atoms with van der Waals surface area (Å²) in [6.07, 6.45) is 1.39. The van der Waals surface area contributed by atoms with Crippen molar-refractivity contribution in [2.75, 3.05) is 13.6 Å². The number of piperazine rings is 1. The van der Waals surface area contributed by atoms with Crippen molar-refractivity contribution in [2.24, 2.45) is 0 Å². The van der Waals surface area contributed by atoms with E-state index in [0.29, 0.717) is 18.7 Å². The van der Waals surface area contributed by atoms with Crippen LogP contribution in [0.15, 0.2) is 71.9 Å². The maximum absolute atomic E-state index is 13.0. The Morgan fingerprint density at radius 2 is 1.64 bits per heavy atom. The van der Waals surface area contributed by atoms with Crippen LogP contribution in [0.4, 0.5) is 0 Å². The number of hydrogen-bond donors (Lipinski definition) is 1. The first-order chi connectivity index (χ1) is 13.5. The third-order valence-electron chi connectivity index (χ3n) is 5.52. The first-order valence-corrected chi connectivity index (χ1v) is 9.67. The quantitative estimate of drug-likeness (QED) is 0.872. The van der Waals surface area contributed by atoms with Gasteiger partial charge in [-0.2, -0.15) is 0 Å². The highest BCUT2D eigenvalue weighted by atomic mass is 16.2. The minimum absolute atomic E-state index is 0.0218.